The summed E-state index contributed by atoms with van der Waals surface area (Å²) in [7, 11) is 0. The zero-order valence-corrected chi connectivity index (χ0v) is 20.2. The Morgan fingerprint density at radius 2 is 1.73 bits per heavy atom. The molecular formula is C25H45NO4. The van der Waals surface area contributed by atoms with Crippen molar-refractivity contribution in [3.05, 3.63) is 24.3 Å². The number of hydrogen-bond donors (Lipinski definition) is 1. The maximum Gasteiger partial charge on any atom is 0.413 e. The molecule has 0 bridgehead atoms. The van der Waals surface area contributed by atoms with Gasteiger partial charge in [0.15, 0.2) is 0 Å². The van der Waals surface area contributed by atoms with Crippen molar-refractivity contribution in [2.24, 2.45) is 0 Å². The molecule has 30 heavy (non-hydrogen) atoms. The zero-order chi connectivity index (χ0) is 22.6. The van der Waals surface area contributed by atoms with Crippen molar-refractivity contribution in [3.8, 4) is 0 Å². The van der Waals surface area contributed by atoms with E-state index in [1.807, 2.05) is 46.8 Å². The Labute approximate surface area is 184 Å². The molecule has 0 unspecified atom stereocenters. The van der Waals surface area contributed by atoms with Gasteiger partial charge in [-0.3, -0.25) is 4.90 Å². The number of allylic oxidation sites excluding steroid dienone is 3. The average Bonchev–Trinajstić information content (AvgIpc) is 2.96. The Kier molecular flexibility index (Phi) is 11.7. The van der Waals surface area contributed by atoms with Crippen LogP contribution in [0.2, 0.25) is 0 Å². The molecule has 0 radical (unpaired) electrons. The topological polar surface area (TPSA) is 59.0 Å². The SMILES string of the molecule is CCCCCCCCCC/C=C/C=C/[C@@H](O)[C@@H]1COC(C)(C)N1C(=O)OC(C)(C)C. The standard InChI is InChI=1S/C25H45NO4/c1-7-8-9-10-11-12-13-14-15-16-17-18-19-22(27)21-20-29-25(5,6)26(21)23(28)30-24(2,3)4/h16-19,21-22,27H,7-15,20H2,1-6H3/b17-16+,19-18+/t21-,22+/m0/s1. The number of carbonyl (C=O) groups excluding carboxylic acids is 1. The van der Waals surface area contributed by atoms with Crippen molar-refractivity contribution in [2.45, 2.75) is 123 Å². The van der Waals surface area contributed by atoms with Gasteiger partial charge in [0.05, 0.1) is 18.8 Å². The van der Waals surface area contributed by atoms with E-state index in [1.54, 1.807) is 6.08 Å². The summed E-state index contributed by atoms with van der Waals surface area (Å²) in [6, 6.07) is -0.466. The molecule has 0 saturated carbocycles. The molecule has 1 heterocycles. The van der Waals surface area contributed by atoms with Crippen LogP contribution >= 0.6 is 0 Å². The van der Waals surface area contributed by atoms with E-state index in [4.69, 9.17) is 9.47 Å². The quantitative estimate of drug-likeness (QED) is 0.293. The molecule has 1 aliphatic heterocycles. The molecule has 5 heteroatoms. The van der Waals surface area contributed by atoms with E-state index in [9.17, 15) is 9.90 Å². The summed E-state index contributed by atoms with van der Waals surface area (Å²) < 4.78 is 11.3. The van der Waals surface area contributed by atoms with Gasteiger partial charge >= 0.3 is 6.09 Å². The molecule has 0 spiro atoms. The van der Waals surface area contributed by atoms with Gasteiger partial charge < -0.3 is 14.6 Å². The van der Waals surface area contributed by atoms with Gasteiger partial charge in [-0.05, 0) is 47.5 Å². The predicted molar refractivity (Wildman–Crippen MR) is 123 cm³/mol. The molecule has 5 nitrogen and oxygen atoms in total. The molecule has 0 aromatic heterocycles. The van der Waals surface area contributed by atoms with Gasteiger partial charge in [-0.2, -0.15) is 0 Å². The highest BCUT2D eigenvalue weighted by Gasteiger charge is 2.47. The Morgan fingerprint density at radius 3 is 2.33 bits per heavy atom. The first-order valence-corrected chi connectivity index (χ1v) is 11.8. The lowest BCUT2D eigenvalue weighted by atomic mass is 10.1. The number of carbonyl (C=O) groups is 1. The van der Waals surface area contributed by atoms with E-state index >= 15 is 0 Å². The summed E-state index contributed by atoms with van der Waals surface area (Å²) in [5, 5.41) is 10.6. The van der Waals surface area contributed by atoms with Gasteiger partial charge in [-0.1, -0.05) is 76.2 Å². The van der Waals surface area contributed by atoms with Crippen LogP contribution in [0.4, 0.5) is 4.79 Å². The van der Waals surface area contributed by atoms with Crippen LogP contribution in [0.15, 0.2) is 24.3 Å². The number of nitrogens with zero attached hydrogens (tertiary/aromatic N) is 1. The van der Waals surface area contributed by atoms with E-state index in [0.717, 1.165) is 6.42 Å². The van der Waals surface area contributed by atoms with Crippen LogP contribution in [-0.2, 0) is 9.47 Å². The zero-order valence-electron chi connectivity index (χ0n) is 20.2. The lowest BCUT2D eigenvalue weighted by Gasteiger charge is -2.36. The highest BCUT2D eigenvalue weighted by atomic mass is 16.6. The lowest BCUT2D eigenvalue weighted by Crippen LogP contribution is -2.53. The van der Waals surface area contributed by atoms with Crippen molar-refractivity contribution in [3.63, 3.8) is 0 Å². The molecule has 1 rings (SSSR count). The normalized spacial score (nSPS) is 20.4. The minimum absolute atomic E-state index is 0.277. The van der Waals surface area contributed by atoms with Crippen molar-refractivity contribution >= 4 is 6.09 Å². The van der Waals surface area contributed by atoms with Crippen LogP contribution in [0.25, 0.3) is 0 Å². The number of aliphatic hydroxyl groups is 1. The summed E-state index contributed by atoms with van der Waals surface area (Å²) >= 11 is 0. The van der Waals surface area contributed by atoms with Gasteiger partial charge in [0.1, 0.15) is 11.3 Å². The van der Waals surface area contributed by atoms with E-state index in [2.05, 4.69) is 13.0 Å². The van der Waals surface area contributed by atoms with Crippen LogP contribution in [-0.4, -0.2) is 46.2 Å². The fraction of sp³-hybridized carbons (Fsp3) is 0.800. The number of hydrogen-bond acceptors (Lipinski definition) is 4. The number of amides is 1. The van der Waals surface area contributed by atoms with Crippen molar-refractivity contribution < 1.29 is 19.4 Å². The molecule has 2 atom stereocenters. The van der Waals surface area contributed by atoms with Crippen LogP contribution in [0.5, 0.6) is 0 Å². The molecule has 1 amide bonds. The van der Waals surface area contributed by atoms with E-state index in [0.29, 0.717) is 0 Å². The first-order valence-electron chi connectivity index (χ1n) is 11.8. The molecule has 0 aliphatic carbocycles. The highest BCUT2D eigenvalue weighted by Crippen LogP contribution is 2.31. The smallest absolute Gasteiger partial charge is 0.413 e. The molecular weight excluding hydrogens is 378 g/mol. The van der Waals surface area contributed by atoms with Gasteiger partial charge in [-0.15, -0.1) is 0 Å². The van der Waals surface area contributed by atoms with Gasteiger partial charge in [-0.25, -0.2) is 4.79 Å². The minimum Gasteiger partial charge on any atom is -0.444 e. The fourth-order valence-corrected chi connectivity index (χ4v) is 3.63. The Bertz CT molecular complexity index is 548. The Hall–Kier alpha value is -1.33. The molecule has 0 aromatic rings. The second kappa shape index (κ2) is 13.2. The van der Waals surface area contributed by atoms with Crippen molar-refractivity contribution in [1.82, 2.24) is 4.90 Å². The minimum atomic E-state index is -0.813. The third-order valence-corrected chi connectivity index (χ3v) is 5.28. The van der Waals surface area contributed by atoms with E-state index in [1.165, 1.54) is 56.3 Å². The van der Waals surface area contributed by atoms with Crippen LogP contribution in [0.1, 0.15) is 99.3 Å². The second-order valence-electron chi connectivity index (χ2n) is 9.74. The first kappa shape index (κ1) is 26.7. The number of unbranched alkanes of at least 4 members (excludes halogenated alkanes) is 8. The summed E-state index contributed by atoms with van der Waals surface area (Å²) in [5.74, 6) is 0. The molecule has 1 N–H and O–H groups in total. The number of aliphatic hydroxyl groups excluding tert-OH is 1. The maximum atomic E-state index is 12.6. The maximum absolute atomic E-state index is 12.6. The van der Waals surface area contributed by atoms with Crippen LogP contribution in [0, 0.1) is 0 Å². The van der Waals surface area contributed by atoms with E-state index in [-0.39, 0.29) is 6.61 Å². The molecule has 174 valence electrons. The Balaban J connectivity index is 2.39. The largest absolute Gasteiger partial charge is 0.444 e. The highest BCUT2D eigenvalue weighted by molar-refractivity contribution is 5.70. The van der Waals surface area contributed by atoms with Gasteiger partial charge in [0.25, 0.3) is 0 Å². The molecule has 1 fully saturated rings. The van der Waals surface area contributed by atoms with Gasteiger partial charge in [0.2, 0.25) is 0 Å². The molecule has 1 aliphatic rings. The summed E-state index contributed by atoms with van der Waals surface area (Å²) in [5.41, 5.74) is -1.41. The third kappa shape index (κ3) is 10.1. The summed E-state index contributed by atoms with van der Waals surface area (Å²) in [6.45, 7) is 11.7. The second-order valence-corrected chi connectivity index (χ2v) is 9.74. The van der Waals surface area contributed by atoms with Crippen molar-refractivity contribution in [2.75, 3.05) is 6.61 Å². The predicted octanol–water partition coefficient (Wildman–Crippen LogP) is 6.36. The average molecular weight is 424 g/mol. The Morgan fingerprint density at radius 1 is 1.13 bits per heavy atom. The summed E-state index contributed by atoms with van der Waals surface area (Å²) in [6.07, 6.45) is 18.0. The molecule has 0 aromatic carbocycles. The monoisotopic (exact) mass is 423 g/mol. The summed E-state index contributed by atoms with van der Waals surface area (Å²) in [4.78, 5) is 14.2. The molecule has 1 saturated heterocycles. The fourth-order valence-electron chi connectivity index (χ4n) is 3.63. The van der Waals surface area contributed by atoms with Crippen LogP contribution in [0.3, 0.4) is 0 Å². The number of ether oxygens (including phenoxy) is 2. The first-order chi connectivity index (χ1) is 14.1. The van der Waals surface area contributed by atoms with Crippen molar-refractivity contribution in [1.29, 1.82) is 0 Å². The van der Waals surface area contributed by atoms with Crippen LogP contribution < -0.4 is 0 Å². The third-order valence-electron chi connectivity index (χ3n) is 5.28. The van der Waals surface area contributed by atoms with Gasteiger partial charge in [0, 0.05) is 0 Å². The number of rotatable bonds is 12. The lowest BCUT2D eigenvalue weighted by molar-refractivity contribution is -0.0660. The van der Waals surface area contributed by atoms with E-state index < -0.39 is 29.6 Å².